The lowest BCUT2D eigenvalue weighted by atomic mass is 9.80. The maximum atomic E-state index is 5.98. The summed E-state index contributed by atoms with van der Waals surface area (Å²) in [5.41, 5.74) is 0.228. The molecule has 1 atom stereocenters. The highest BCUT2D eigenvalue weighted by molar-refractivity contribution is 4.97. The molecule has 7 nitrogen and oxygen atoms in total. The lowest BCUT2D eigenvalue weighted by Crippen LogP contribution is -2.43. The highest BCUT2D eigenvalue weighted by atomic mass is 16.5. The third-order valence-electron chi connectivity index (χ3n) is 6.38. The van der Waals surface area contributed by atoms with Crippen molar-refractivity contribution >= 4 is 0 Å². The SMILES string of the molecule is C[C@H](c1nnnn1C1CCCCC1)N1CCOCC2(CCOCC2)C1. The third kappa shape index (κ3) is 3.73. The average molecular weight is 349 g/mol. The Morgan fingerprint density at radius 3 is 2.68 bits per heavy atom. The van der Waals surface area contributed by atoms with Gasteiger partial charge in [-0.3, -0.25) is 4.90 Å². The molecule has 1 saturated carbocycles. The molecule has 3 aliphatic rings. The largest absolute Gasteiger partial charge is 0.381 e. The predicted molar refractivity (Wildman–Crippen MR) is 93.2 cm³/mol. The Bertz CT molecular complexity index is 551. The summed E-state index contributed by atoms with van der Waals surface area (Å²) in [5, 5.41) is 12.8. The first-order valence-corrected chi connectivity index (χ1v) is 9.95. The molecule has 1 spiro atoms. The van der Waals surface area contributed by atoms with Crippen molar-refractivity contribution in [2.75, 3.05) is 39.5 Å². The average Bonchev–Trinajstić information content (AvgIpc) is 3.06. The Hall–Kier alpha value is -1.05. The minimum absolute atomic E-state index is 0.221. The minimum Gasteiger partial charge on any atom is -0.381 e. The van der Waals surface area contributed by atoms with Crippen LogP contribution < -0.4 is 0 Å². The standard InChI is InChI=1S/C18H31N5O2/c1-15(17-19-20-21-23(17)16-5-3-2-4-6-16)22-9-12-25-14-18(13-22)7-10-24-11-8-18/h15-16H,2-14H2,1H3/t15-/m1/s1. The van der Waals surface area contributed by atoms with E-state index in [1.54, 1.807) is 0 Å². The van der Waals surface area contributed by atoms with E-state index in [-0.39, 0.29) is 11.5 Å². The number of ether oxygens (including phenoxy) is 2. The van der Waals surface area contributed by atoms with Gasteiger partial charge in [0, 0.05) is 31.7 Å². The first-order chi connectivity index (χ1) is 12.3. The van der Waals surface area contributed by atoms with Gasteiger partial charge in [-0.05, 0) is 43.0 Å². The van der Waals surface area contributed by atoms with Crippen LogP contribution in [0.5, 0.6) is 0 Å². The first-order valence-electron chi connectivity index (χ1n) is 9.95. The van der Waals surface area contributed by atoms with Gasteiger partial charge in [0.25, 0.3) is 0 Å². The third-order valence-corrected chi connectivity index (χ3v) is 6.38. The molecule has 7 heteroatoms. The molecular weight excluding hydrogens is 318 g/mol. The molecular formula is C18H31N5O2. The van der Waals surface area contributed by atoms with Crippen LogP contribution in [-0.2, 0) is 9.47 Å². The Morgan fingerprint density at radius 1 is 1.08 bits per heavy atom. The molecule has 3 heterocycles. The second-order valence-corrected chi connectivity index (χ2v) is 8.08. The maximum Gasteiger partial charge on any atom is 0.168 e. The second kappa shape index (κ2) is 7.68. The molecule has 0 radical (unpaired) electrons. The first kappa shape index (κ1) is 17.4. The summed E-state index contributed by atoms with van der Waals surface area (Å²) >= 11 is 0. The molecule has 140 valence electrons. The zero-order valence-electron chi connectivity index (χ0n) is 15.4. The van der Waals surface area contributed by atoms with E-state index in [1.807, 2.05) is 0 Å². The van der Waals surface area contributed by atoms with Gasteiger partial charge in [0.15, 0.2) is 5.82 Å². The van der Waals surface area contributed by atoms with Crippen molar-refractivity contribution in [1.29, 1.82) is 0 Å². The molecule has 0 aromatic carbocycles. The van der Waals surface area contributed by atoms with Gasteiger partial charge in [0.2, 0.25) is 0 Å². The zero-order valence-corrected chi connectivity index (χ0v) is 15.4. The number of rotatable bonds is 3. The molecule has 1 aromatic rings. The summed E-state index contributed by atoms with van der Waals surface area (Å²) in [4.78, 5) is 2.53. The van der Waals surface area contributed by atoms with Gasteiger partial charge >= 0.3 is 0 Å². The topological polar surface area (TPSA) is 65.3 Å². The van der Waals surface area contributed by atoms with Gasteiger partial charge in [-0.1, -0.05) is 19.3 Å². The van der Waals surface area contributed by atoms with E-state index in [2.05, 4.69) is 32.0 Å². The Balaban J connectivity index is 1.51. The molecule has 2 saturated heterocycles. The van der Waals surface area contributed by atoms with Crippen molar-refractivity contribution < 1.29 is 9.47 Å². The van der Waals surface area contributed by atoms with Crippen LogP contribution in [0.1, 0.15) is 69.8 Å². The predicted octanol–water partition coefficient (Wildman–Crippen LogP) is 2.37. The smallest absolute Gasteiger partial charge is 0.168 e. The fraction of sp³-hybridized carbons (Fsp3) is 0.944. The van der Waals surface area contributed by atoms with Crippen LogP contribution in [0.4, 0.5) is 0 Å². The van der Waals surface area contributed by atoms with Crippen molar-refractivity contribution in [1.82, 2.24) is 25.1 Å². The molecule has 4 rings (SSSR count). The van der Waals surface area contributed by atoms with Crippen LogP contribution in [0.25, 0.3) is 0 Å². The number of aromatic nitrogens is 4. The van der Waals surface area contributed by atoms with Crippen LogP contribution >= 0.6 is 0 Å². The van der Waals surface area contributed by atoms with E-state index in [9.17, 15) is 0 Å². The molecule has 3 fully saturated rings. The second-order valence-electron chi connectivity index (χ2n) is 8.08. The van der Waals surface area contributed by atoms with E-state index < -0.39 is 0 Å². The highest BCUT2D eigenvalue weighted by Gasteiger charge is 2.39. The van der Waals surface area contributed by atoms with Gasteiger partial charge in [0.1, 0.15) is 0 Å². The lowest BCUT2D eigenvalue weighted by molar-refractivity contribution is -0.0341. The van der Waals surface area contributed by atoms with Crippen LogP contribution in [0, 0.1) is 5.41 Å². The summed E-state index contributed by atoms with van der Waals surface area (Å²) in [7, 11) is 0. The normalized spacial score (nSPS) is 27.2. The van der Waals surface area contributed by atoms with Gasteiger partial charge < -0.3 is 9.47 Å². The molecule has 0 unspecified atom stereocenters. The number of hydrogen-bond donors (Lipinski definition) is 0. The molecule has 2 aliphatic heterocycles. The Morgan fingerprint density at radius 2 is 1.88 bits per heavy atom. The maximum absolute atomic E-state index is 5.98. The minimum atomic E-state index is 0.221. The number of nitrogens with zero attached hydrogens (tertiary/aromatic N) is 5. The summed E-state index contributed by atoms with van der Waals surface area (Å²) in [6.45, 7) is 7.60. The van der Waals surface area contributed by atoms with Gasteiger partial charge in [-0.15, -0.1) is 5.10 Å². The fourth-order valence-electron chi connectivity index (χ4n) is 4.69. The molecule has 1 aromatic heterocycles. The number of tetrazole rings is 1. The molecule has 25 heavy (non-hydrogen) atoms. The van der Waals surface area contributed by atoms with E-state index >= 15 is 0 Å². The summed E-state index contributed by atoms with van der Waals surface area (Å²) in [5.74, 6) is 1.02. The van der Waals surface area contributed by atoms with Crippen LogP contribution in [0.15, 0.2) is 0 Å². The molecule has 1 aliphatic carbocycles. The van der Waals surface area contributed by atoms with E-state index in [1.165, 1.54) is 32.1 Å². The van der Waals surface area contributed by atoms with Gasteiger partial charge in [0.05, 0.1) is 25.3 Å². The Labute approximate surface area is 150 Å². The van der Waals surface area contributed by atoms with E-state index in [0.717, 1.165) is 58.2 Å². The van der Waals surface area contributed by atoms with Gasteiger partial charge in [-0.25, -0.2) is 4.68 Å². The van der Waals surface area contributed by atoms with Crippen molar-refractivity contribution in [2.45, 2.75) is 64.0 Å². The monoisotopic (exact) mass is 349 g/mol. The van der Waals surface area contributed by atoms with Gasteiger partial charge in [-0.2, -0.15) is 0 Å². The van der Waals surface area contributed by atoms with E-state index in [4.69, 9.17) is 9.47 Å². The highest BCUT2D eigenvalue weighted by Crippen LogP contribution is 2.36. The van der Waals surface area contributed by atoms with E-state index in [0.29, 0.717) is 6.04 Å². The number of hydrogen-bond acceptors (Lipinski definition) is 6. The van der Waals surface area contributed by atoms with Crippen molar-refractivity contribution in [3.05, 3.63) is 5.82 Å². The summed E-state index contributed by atoms with van der Waals surface area (Å²) in [6.07, 6.45) is 8.51. The van der Waals surface area contributed by atoms with Crippen LogP contribution in [0.2, 0.25) is 0 Å². The fourth-order valence-corrected chi connectivity index (χ4v) is 4.69. The van der Waals surface area contributed by atoms with Crippen molar-refractivity contribution in [3.63, 3.8) is 0 Å². The van der Waals surface area contributed by atoms with Crippen LogP contribution in [-0.4, -0.2) is 64.6 Å². The summed E-state index contributed by atoms with van der Waals surface area (Å²) in [6, 6.07) is 0.694. The Kier molecular flexibility index (Phi) is 5.33. The van der Waals surface area contributed by atoms with Crippen LogP contribution in [0.3, 0.4) is 0 Å². The zero-order chi connectivity index (χ0) is 17.1. The molecule has 0 bridgehead atoms. The molecule has 0 amide bonds. The lowest BCUT2D eigenvalue weighted by Gasteiger charge is -2.40. The van der Waals surface area contributed by atoms with Crippen molar-refractivity contribution in [2.24, 2.45) is 5.41 Å². The van der Waals surface area contributed by atoms with Crippen molar-refractivity contribution in [3.8, 4) is 0 Å². The summed E-state index contributed by atoms with van der Waals surface area (Å²) < 4.78 is 13.7. The molecule has 0 N–H and O–H groups in total. The quantitative estimate of drug-likeness (QED) is 0.835.